The number of halogens is 2. The molecule has 20 heavy (non-hydrogen) atoms. The lowest BCUT2D eigenvalue weighted by Gasteiger charge is -2.07. The van der Waals surface area contributed by atoms with Crippen molar-refractivity contribution in [2.45, 2.75) is 13.3 Å². The summed E-state index contributed by atoms with van der Waals surface area (Å²) in [6.45, 7) is 1.86. The number of amides is 1. The topological polar surface area (TPSA) is 65.1 Å². The number of aryl methyl sites for hydroxylation is 1. The van der Waals surface area contributed by atoms with Crippen LogP contribution in [0, 0.1) is 10.9 Å². The molecule has 0 atom stereocenters. The number of carbonyl (C=O) groups is 1. The fourth-order valence-electron chi connectivity index (χ4n) is 1.59. The van der Waals surface area contributed by atoms with Crippen molar-refractivity contribution in [1.29, 1.82) is 0 Å². The second kappa shape index (κ2) is 6.13. The van der Waals surface area contributed by atoms with Crippen LogP contribution in [-0.2, 0) is 11.2 Å². The fourth-order valence-corrected chi connectivity index (χ4v) is 3.37. The maximum absolute atomic E-state index is 11.9. The normalized spacial score (nSPS) is 10.6. The molecule has 8 heteroatoms. The highest BCUT2D eigenvalue weighted by Gasteiger charge is 2.11. The molecule has 1 aromatic carbocycles. The highest BCUT2D eigenvalue weighted by molar-refractivity contribution is 7.73. The minimum absolute atomic E-state index is 0.0845. The smallest absolute Gasteiger partial charge is 0.229 e. The molecule has 0 aliphatic carbocycles. The Kier molecular flexibility index (Phi) is 4.70. The van der Waals surface area contributed by atoms with E-state index in [2.05, 4.69) is 10.3 Å². The molecule has 106 valence electrons. The summed E-state index contributed by atoms with van der Waals surface area (Å²) in [5.74, 6) is -0.415. The van der Waals surface area contributed by atoms with E-state index in [0.717, 1.165) is 10.6 Å². The van der Waals surface area contributed by atoms with Crippen molar-refractivity contribution in [2.24, 2.45) is 0 Å². The van der Waals surface area contributed by atoms with Gasteiger partial charge in [-0.1, -0.05) is 23.2 Å². The van der Waals surface area contributed by atoms with Gasteiger partial charge in [-0.05, 0) is 31.3 Å². The van der Waals surface area contributed by atoms with E-state index < -0.39 is 0 Å². The predicted octanol–water partition coefficient (Wildman–Crippen LogP) is 4.31. The first-order valence-electron chi connectivity index (χ1n) is 5.53. The monoisotopic (exact) mass is 348 g/mol. The van der Waals surface area contributed by atoms with Crippen molar-refractivity contribution in [3.05, 3.63) is 36.7 Å². The fraction of sp³-hybridized carbons (Fsp3) is 0.167. The number of aromatic nitrogens is 1. The summed E-state index contributed by atoms with van der Waals surface area (Å²) in [7, 11) is 0. The van der Waals surface area contributed by atoms with Gasteiger partial charge in [0.05, 0.1) is 16.5 Å². The number of hydrogen-bond donors (Lipinski definition) is 3. The molecule has 1 amide bonds. The van der Waals surface area contributed by atoms with Gasteiger partial charge in [-0.25, -0.2) is 0 Å². The van der Waals surface area contributed by atoms with Crippen LogP contribution in [0.3, 0.4) is 0 Å². The van der Waals surface area contributed by atoms with Crippen molar-refractivity contribution in [1.82, 2.24) is 4.98 Å². The Hall–Kier alpha value is -1.08. The van der Waals surface area contributed by atoms with Gasteiger partial charge in [0.1, 0.15) is 0 Å². The van der Waals surface area contributed by atoms with E-state index in [9.17, 15) is 9.90 Å². The highest BCUT2D eigenvalue weighted by Crippen LogP contribution is 2.34. The molecule has 0 saturated heterocycles. The van der Waals surface area contributed by atoms with E-state index in [4.69, 9.17) is 35.4 Å². The Bertz CT molecular complexity index is 701. The molecule has 0 bridgehead atoms. The molecule has 0 spiro atoms. The molecule has 2 rings (SSSR count). The van der Waals surface area contributed by atoms with E-state index in [1.165, 1.54) is 23.5 Å². The Morgan fingerprint density at radius 1 is 1.45 bits per heavy atom. The van der Waals surface area contributed by atoms with Crippen LogP contribution in [-0.4, -0.2) is 16.0 Å². The molecule has 2 aromatic rings. The highest BCUT2D eigenvalue weighted by atomic mass is 35.5. The number of nitrogens with one attached hydrogen (secondary N) is 2. The number of rotatable bonds is 3. The summed E-state index contributed by atoms with van der Waals surface area (Å²) in [4.78, 5) is 15.8. The minimum atomic E-state index is -0.212. The number of hydrogen-bond acceptors (Lipinski definition) is 4. The largest absolute Gasteiger partial charge is 0.505 e. The number of phenols is 1. The van der Waals surface area contributed by atoms with Crippen molar-refractivity contribution < 1.29 is 9.90 Å². The molecular formula is C12H10Cl2N2O2S2. The molecule has 0 aliphatic rings. The molecule has 0 unspecified atom stereocenters. The number of phenolic OH excluding ortho intramolecular Hbond substituents is 1. The number of anilines is 1. The molecule has 0 radical (unpaired) electrons. The first kappa shape index (κ1) is 15.3. The van der Waals surface area contributed by atoms with Crippen molar-refractivity contribution >= 4 is 58.4 Å². The van der Waals surface area contributed by atoms with Gasteiger partial charge in [-0.15, -0.1) is 11.3 Å². The minimum Gasteiger partial charge on any atom is -0.505 e. The molecule has 1 heterocycles. The Balaban J connectivity index is 2.12. The average Bonchev–Trinajstić information content (AvgIpc) is 2.64. The number of aromatic hydroxyl groups is 1. The van der Waals surface area contributed by atoms with Crippen LogP contribution >= 0.6 is 46.8 Å². The zero-order valence-corrected chi connectivity index (χ0v) is 13.4. The number of H-pyrrole nitrogens is 1. The lowest BCUT2D eigenvalue weighted by atomic mass is 10.2. The molecule has 3 N–H and O–H groups in total. The van der Waals surface area contributed by atoms with E-state index in [1.54, 1.807) is 0 Å². The SMILES string of the molecule is Cc1[nH]c(=S)sc1CC(=O)Nc1cc(Cl)c(O)c(Cl)c1. The molecular weight excluding hydrogens is 339 g/mol. The molecule has 4 nitrogen and oxygen atoms in total. The zero-order chi connectivity index (χ0) is 14.9. The first-order valence-corrected chi connectivity index (χ1v) is 7.51. The van der Waals surface area contributed by atoms with Gasteiger partial charge in [0.25, 0.3) is 0 Å². The van der Waals surface area contributed by atoms with Crippen LogP contribution in [0.4, 0.5) is 5.69 Å². The second-order valence-electron chi connectivity index (χ2n) is 4.08. The summed E-state index contributed by atoms with van der Waals surface area (Å²) in [5, 5.41) is 12.3. The van der Waals surface area contributed by atoms with Crippen LogP contribution in [0.1, 0.15) is 10.6 Å². The van der Waals surface area contributed by atoms with Crippen molar-refractivity contribution in [2.75, 3.05) is 5.32 Å². The van der Waals surface area contributed by atoms with E-state index >= 15 is 0 Å². The second-order valence-corrected chi connectivity index (χ2v) is 6.66. The van der Waals surface area contributed by atoms with Gasteiger partial charge >= 0.3 is 0 Å². The average molecular weight is 349 g/mol. The number of carbonyl (C=O) groups excluding carboxylic acids is 1. The third-order valence-electron chi connectivity index (χ3n) is 2.55. The van der Waals surface area contributed by atoms with Crippen LogP contribution in [0.5, 0.6) is 5.75 Å². The first-order chi connectivity index (χ1) is 9.36. The summed E-state index contributed by atoms with van der Waals surface area (Å²) in [6, 6.07) is 2.87. The predicted molar refractivity (Wildman–Crippen MR) is 84.7 cm³/mol. The van der Waals surface area contributed by atoms with E-state index in [-0.39, 0.29) is 28.1 Å². The summed E-state index contributed by atoms with van der Waals surface area (Å²) < 4.78 is 0.640. The number of benzene rings is 1. The van der Waals surface area contributed by atoms with Crippen molar-refractivity contribution in [3.8, 4) is 5.75 Å². The van der Waals surface area contributed by atoms with Crippen LogP contribution in [0.15, 0.2) is 12.1 Å². The third kappa shape index (κ3) is 3.52. The summed E-state index contributed by atoms with van der Waals surface area (Å²) in [5.41, 5.74) is 1.32. The third-order valence-corrected chi connectivity index (χ3v) is 4.46. The standard InChI is InChI=1S/C12H10Cl2N2O2S2/c1-5-9(20-12(19)15-5)4-10(17)16-6-2-7(13)11(18)8(14)3-6/h2-3,18H,4H2,1H3,(H,15,19)(H,16,17). The molecule has 0 fully saturated rings. The van der Waals surface area contributed by atoms with Crippen LogP contribution < -0.4 is 5.32 Å². The van der Waals surface area contributed by atoms with Gasteiger partial charge < -0.3 is 15.4 Å². The van der Waals surface area contributed by atoms with Gasteiger partial charge in [-0.3, -0.25) is 4.79 Å². The maximum atomic E-state index is 11.9. The van der Waals surface area contributed by atoms with Gasteiger partial charge in [0.2, 0.25) is 5.91 Å². The van der Waals surface area contributed by atoms with Crippen molar-refractivity contribution in [3.63, 3.8) is 0 Å². The van der Waals surface area contributed by atoms with Crippen LogP contribution in [0.25, 0.3) is 0 Å². The Labute approximate surface area is 134 Å². The molecule has 1 aromatic heterocycles. The molecule has 0 aliphatic heterocycles. The summed E-state index contributed by atoms with van der Waals surface area (Å²) in [6.07, 6.45) is 0.208. The van der Waals surface area contributed by atoms with Gasteiger partial charge in [-0.2, -0.15) is 0 Å². The lowest BCUT2D eigenvalue weighted by molar-refractivity contribution is -0.115. The number of aromatic amines is 1. The quantitative estimate of drug-likeness (QED) is 0.572. The Morgan fingerprint density at radius 2 is 2.05 bits per heavy atom. The van der Waals surface area contributed by atoms with E-state index in [0.29, 0.717) is 9.64 Å². The van der Waals surface area contributed by atoms with Crippen LogP contribution in [0.2, 0.25) is 10.0 Å². The molecule has 0 saturated carbocycles. The Morgan fingerprint density at radius 3 is 2.55 bits per heavy atom. The summed E-state index contributed by atoms with van der Waals surface area (Å²) >= 11 is 18.0. The lowest BCUT2D eigenvalue weighted by Crippen LogP contribution is -2.14. The van der Waals surface area contributed by atoms with E-state index in [1.807, 2.05) is 6.92 Å². The van der Waals surface area contributed by atoms with Gasteiger partial charge in [0.15, 0.2) is 9.70 Å². The van der Waals surface area contributed by atoms with Gasteiger partial charge in [0, 0.05) is 16.3 Å². The maximum Gasteiger partial charge on any atom is 0.229 e. The zero-order valence-electron chi connectivity index (χ0n) is 10.3. The number of thiazole rings is 1.